The quantitative estimate of drug-likeness (QED) is 0.925. The van der Waals surface area contributed by atoms with Crippen molar-refractivity contribution < 1.29 is 4.79 Å². The first kappa shape index (κ1) is 15.2. The molecule has 4 rings (SSSR count). The first-order valence-electron chi connectivity index (χ1n) is 9.15. The fourth-order valence-electron chi connectivity index (χ4n) is 4.14. The molecule has 0 spiro atoms. The van der Waals surface area contributed by atoms with Crippen molar-refractivity contribution in [1.82, 2.24) is 15.1 Å². The largest absolute Gasteiger partial charge is 0.352 e. The number of benzene rings is 1. The van der Waals surface area contributed by atoms with Crippen molar-refractivity contribution in [3.05, 3.63) is 35.9 Å². The third-order valence-electron chi connectivity index (χ3n) is 5.49. The van der Waals surface area contributed by atoms with E-state index in [1.807, 2.05) is 18.2 Å². The molecule has 124 valence electrons. The van der Waals surface area contributed by atoms with Gasteiger partial charge in [0.15, 0.2) is 0 Å². The first-order valence-corrected chi connectivity index (χ1v) is 9.15. The number of hydrogen-bond acceptors (Lipinski definition) is 3. The second-order valence-electron chi connectivity index (χ2n) is 7.28. The van der Waals surface area contributed by atoms with Crippen LogP contribution in [0.3, 0.4) is 0 Å². The lowest BCUT2D eigenvalue weighted by Crippen LogP contribution is -2.45. The Kier molecular flexibility index (Phi) is 4.36. The van der Waals surface area contributed by atoms with Crippen LogP contribution >= 0.6 is 0 Å². The minimum absolute atomic E-state index is 0.127. The van der Waals surface area contributed by atoms with E-state index in [1.165, 1.54) is 25.9 Å². The molecule has 2 saturated heterocycles. The average Bonchev–Trinajstić information content (AvgIpc) is 3.31. The van der Waals surface area contributed by atoms with Crippen LogP contribution in [0.1, 0.15) is 43.7 Å². The van der Waals surface area contributed by atoms with Gasteiger partial charge in [0.1, 0.15) is 6.04 Å². The molecule has 4 heteroatoms. The Morgan fingerprint density at radius 1 is 1.04 bits per heavy atom. The summed E-state index contributed by atoms with van der Waals surface area (Å²) in [6.45, 7) is 4.47. The third kappa shape index (κ3) is 3.43. The van der Waals surface area contributed by atoms with Crippen molar-refractivity contribution in [2.45, 2.75) is 50.2 Å². The maximum Gasteiger partial charge on any atom is 0.242 e. The zero-order valence-corrected chi connectivity index (χ0v) is 13.8. The molecule has 2 atom stereocenters. The van der Waals surface area contributed by atoms with Crippen molar-refractivity contribution in [1.29, 1.82) is 0 Å². The van der Waals surface area contributed by atoms with Gasteiger partial charge in [0.2, 0.25) is 5.91 Å². The summed E-state index contributed by atoms with van der Waals surface area (Å²) >= 11 is 0. The summed E-state index contributed by atoms with van der Waals surface area (Å²) in [5.41, 5.74) is 1.14. The number of amides is 1. The predicted octanol–water partition coefficient (Wildman–Crippen LogP) is 2.18. The fourth-order valence-corrected chi connectivity index (χ4v) is 4.14. The zero-order valence-electron chi connectivity index (χ0n) is 13.8. The predicted molar refractivity (Wildman–Crippen MR) is 91.1 cm³/mol. The smallest absolute Gasteiger partial charge is 0.242 e. The molecular formula is C19H27N3O. The minimum Gasteiger partial charge on any atom is -0.352 e. The summed E-state index contributed by atoms with van der Waals surface area (Å²) in [6.07, 6.45) is 6.04. The Labute approximate surface area is 138 Å². The van der Waals surface area contributed by atoms with E-state index in [4.69, 9.17) is 0 Å². The second kappa shape index (κ2) is 6.62. The van der Waals surface area contributed by atoms with Gasteiger partial charge in [0, 0.05) is 25.2 Å². The van der Waals surface area contributed by atoms with Gasteiger partial charge in [-0.2, -0.15) is 0 Å². The molecule has 0 bridgehead atoms. The molecule has 1 aromatic carbocycles. The molecule has 2 aliphatic heterocycles. The van der Waals surface area contributed by atoms with Crippen molar-refractivity contribution in [3.8, 4) is 0 Å². The highest BCUT2D eigenvalue weighted by molar-refractivity contribution is 5.83. The van der Waals surface area contributed by atoms with Gasteiger partial charge in [-0.05, 0) is 50.8 Å². The number of carbonyl (C=O) groups is 1. The Bertz CT molecular complexity index is 543. The highest BCUT2D eigenvalue weighted by Gasteiger charge is 2.36. The van der Waals surface area contributed by atoms with Crippen molar-refractivity contribution in [3.63, 3.8) is 0 Å². The van der Waals surface area contributed by atoms with Gasteiger partial charge >= 0.3 is 0 Å². The van der Waals surface area contributed by atoms with Gasteiger partial charge < -0.3 is 5.32 Å². The number of rotatable bonds is 4. The lowest BCUT2D eigenvalue weighted by atomic mass is 10.0. The molecule has 4 nitrogen and oxygen atoms in total. The Hall–Kier alpha value is -1.39. The normalized spacial score (nSPS) is 27.2. The number of nitrogens with one attached hydrogen (secondary N) is 1. The average molecular weight is 313 g/mol. The minimum atomic E-state index is -0.127. The number of fused-ring (bicyclic) bond motifs is 1. The van der Waals surface area contributed by atoms with E-state index in [0.29, 0.717) is 12.1 Å². The monoisotopic (exact) mass is 313 g/mol. The molecular weight excluding hydrogens is 286 g/mol. The van der Waals surface area contributed by atoms with Crippen LogP contribution in [0, 0.1) is 0 Å². The summed E-state index contributed by atoms with van der Waals surface area (Å²) in [4.78, 5) is 18.0. The number of carbonyl (C=O) groups excluding carboxylic acids is 1. The van der Waals surface area contributed by atoms with Gasteiger partial charge in [-0.3, -0.25) is 14.6 Å². The van der Waals surface area contributed by atoms with Crippen LogP contribution in [0.15, 0.2) is 30.3 Å². The molecule has 1 saturated carbocycles. The van der Waals surface area contributed by atoms with Crippen LogP contribution in [0.4, 0.5) is 0 Å². The lowest BCUT2D eigenvalue weighted by Gasteiger charge is -2.32. The van der Waals surface area contributed by atoms with E-state index >= 15 is 0 Å². The van der Waals surface area contributed by atoms with Crippen LogP contribution in [0.2, 0.25) is 0 Å². The molecule has 0 unspecified atom stereocenters. The third-order valence-corrected chi connectivity index (χ3v) is 5.49. The fraction of sp³-hybridized carbons (Fsp3) is 0.632. The molecule has 1 aliphatic carbocycles. The van der Waals surface area contributed by atoms with Crippen LogP contribution in [-0.4, -0.2) is 54.0 Å². The molecule has 23 heavy (non-hydrogen) atoms. The molecule has 2 heterocycles. The van der Waals surface area contributed by atoms with E-state index in [-0.39, 0.29) is 11.9 Å². The van der Waals surface area contributed by atoms with Crippen molar-refractivity contribution in [2.75, 3.05) is 26.2 Å². The van der Waals surface area contributed by atoms with Crippen molar-refractivity contribution in [2.24, 2.45) is 0 Å². The van der Waals surface area contributed by atoms with Crippen molar-refractivity contribution >= 4 is 5.91 Å². The molecule has 0 radical (unpaired) electrons. The van der Waals surface area contributed by atoms with Gasteiger partial charge in [0.25, 0.3) is 0 Å². The summed E-state index contributed by atoms with van der Waals surface area (Å²) < 4.78 is 0. The van der Waals surface area contributed by atoms with Gasteiger partial charge in [-0.25, -0.2) is 0 Å². The Balaban J connectivity index is 1.57. The number of nitrogens with zero attached hydrogens (tertiary/aromatic N) is 2. The van der Waals surface area contributed by atoms with Crippen LogP contribution in [-0.2, 0) is 4.79 Å². The maximum absolute atomic E-state index is 12.9. The molecule has 3 fully saturated rings. The van der Waals surface area contributed by atoms with E-state index < -0.39 is 0 Å². The Morgan fingerprint density at radius 3 is 2.61 bits per heavy atom. The van der Waals surface area contributed by atoms with Crippen LogP contribution in [0.25, 0.3) is 0 Å². The summed E-state index contributed by atoms with van der Waals surface area (Å²) in [7, 11) is 0. The zero-order chi connectivity index (χ0) is 15.6. The van der Waals surface area contributed by atoms with Crippen LogP contribution in [0.5, 0.6) is 0 Å². The lowest BCUT2D eigenvalue weighted by molar-refractivity contribution is -0.127. The summed E-state index contributed by atoms with van der Waals surface area (Å²) in [5.74, 6) is 0.199. The Morgan fingerprint density at radius 2 is 1.83 bits per heavy atom. The number of hydrogen-bond donors (Lipinski definition) is 1. The second-order valence-corrected chi connectivity index (χ2v) is 7.28. The molecule has 1 N–H and O–H groups in total. The SMILES string of the molecule is O=C(NC1CC1)[C@H](c1ccccc1)N1CCCN2CCC[C@@H]2C1. The van der Waals surface area contributed by atoms with Crippen LogP contribution < -0.4 is 5.32 Å². The first-order chi connectivity index (χ1) is 11.3. The molecule has 1 amide bonds. The van der Waals surface area contributed by atoms with E-state index in [9.17, 15) is 4.79 Å². The molecule has 3 aliphatic rings. The highest BCUT2D eigenvalue weighted by atomic mass is 16.2. The van der Waals surface area contributed by atoms with E-state index in [2.05, 4.69) is 27.2 Å². The van der Waals surface area contributed by atoms with E-state index in [0.717, 1.165) is 37.9 Å². The van der Waals surface area contributed by atoms with Gasteiger partial charge in [-0.1, -0.05) is 30.3 Å². The van der Waals surface area contributed by atoms with Gasteiger partial charge in [0.05, 0.1) is 0 Å². The topological polar surface area (TPSA) is 35.6 Å². The molecule has 1 aromatic rings. The van der Waals surface area contributed by atoms with E-state index in [1.54, 1.807) is 0 Å². The summed E-state index contributed by atoms with van der Waals surface area (Å²) in [6, 6.07) is 11.3. The highest BCUT2D eigenvalue weighted by Crippen LogP contribution is 2.29. The van der Waals surface area contributed by atoms with Gasteiger partial charge in [-0.15, -0.1) is 0 Å². The molecule has 0 aromatic heterocycles. The summed E-state index contributed by atoms with van der Waals surface area (Å²) in [5, 5.41) is 3.24. The maximum atomic E-state index is 12.9. The standard InChI is InChI=1S/C19H27N3O/c23-19(20-16-9-10-16)18(15-6-2-1-3-7-15)22-13-5-12-21-11-4-8-17(21)14-22/h1-3,6-7,16-18H,4-5,8-14H2,(H,20,23)/t17-,18+/m1/s1.